The van der Waals surface area contributed by atoms with Gasteiger partial charge in [-0.15, -0.1) is 0 Å². The number of anilines is 1. The maximum atomic E-state index is 11.4. The molecule has 0 saturated carbocycles. The highest BCUT2D eigenvalue weighted by molar-refractivity contribution is 7.10. The molecule has 6 nitrogen and oxygen atoms in total. The number of nitrogens with one attached hydrogen (secondary N) is 1. The van der Waals surface area contributed by atoms with Gasteiger partial charge in [-0.1, -0.05) is 0 Å². The predicted octanol–water partition coefficient (Wildman–Crippen LogP) is 1.51. The van der Waals surface area contributed by atoms with Gasteiger partial charge in [-0.25, -0.2) is 4.79 Å². The van der Waals surface area contributed by atoms with E-state index in [1.165, 1.54) is 4.90 Å². The summed E-state index contributed by atoms with van der Waals surface area (Å²) in [6.45, 7) is 2.23. The summed E-state index contributed by atoms with van der Waals surface area (Å²) in [4.78, 5) is 12.8. The molecule has 0 radical (unpaired) electrons. The van der Waals surface area contributed by atoms with Gasteiger partial charge in [-0.05, 0) is 18.5 Å². The molecule has 0 atom stereocenters. The van der Waals surface area contributed by atoms with Crippen LogP contribution < -0.4 is 10.1 Å². The number of carbonyl (C=O) groups is 1. The van der Waals surface area contributed by atoms with E-state index in [4.69, 9.17) is 10.00 Å². The molecule has 1 aromatic heterocycles. The number of hydrogen-bond acceptors (Lipinski definition) is 5. The van der Waals surface area contributed by atoms with Gasteiger partial charge < -0.3 is 9.64 Å². The fraction of sp³-hybridized carbons (Fsp3) is 0.444. The fourth-order valence-corrected chi connectivity index (χ4v) is 1.58. The third-order valence-electron chi connectivity index (χ3n) is 1.68. The van der Waals surface area contributed by atoms with Gasteiger partial charge >= 0.3 is 6.03 Å². The molecule has 7 heteroatoms. The van der Waals surface area contributed by atoms with Crippen molar-refractivity contribution in [2.75, 3.05) is 26.0 Å². The minimum atomic E-state index is -0.303. The standard InChI is InChI=1S/C9H12N4O2S/c1-4-15-7-6(5-10)8(16-12-7)11-9(14)13(2)3/h4H2,1-3H3,(H,11,14). The summed E-state index contributed by atoms with van der Waals surface area (Å²) in [6, 6.07) is 1.66. The Morgan fingerprint density at radius 3 is 2.88 bits per heavy atom. The molecule has 86 valence electrons. The molecule has 0 bridgehead atoms. The van der Waals surface area contributed by atoms with E-state index in [2.05, 4.69) is 9.69 Å². The van der Waals surface area contributed by atoms with Crippen LogP contribution in [0.15, 0.2) is 0 Å². The van der Waals surface area contributed by atoms with Crippen LogP contribution in [0.2, 0.25) is 0 Å². The summed E-state index contributed by atoms with van der Waals surface area (Å²) >= 11 is 1.03. The minimum absolute atomic E-state index is 0.266. The van der Waals surface area contributed by atoms with E-state index in [1.54, 1.807) is 21.0 Å². The Hall–Kier alpha value is -1.81. The summed E-state index contributed by atoms with van der Waals surface area (Å²) in [5, 5.41) is 11.9. The number of aromatic nitrogens is 1. The zero-order valence-electron chi connectivity index (χ0n) is 9.27. The van der Waals surface area contributed by atoms with E-state index < -0.39 is 0 Å². The number of urea groups is 1. The van der Waals surface area contributed by atoms with E-state index in [9.17, 15) is 4.79 Å². The van der Waals surface area contributed by atoms with Crippen molar-refractivity contribution in [1.29, 1.82) is 5.26 Å². The quantitative estimate of drug-likeness (QED) is 0.868. The SMILES string of the molecule is CCOc1nsc(NC(=O)N(C)C)c1C#N. The van der Waals surface area contributed by atoms with Crippen LogP contribution in [-0.2, 0) is 0 Å². The molecule has 1 N–H and O–H groups in total. The number of rotatable bonds is 3. The van der Waals surface area contributed by atoms with Crippen LogP contribution in [0.25, 0.3) is 0 Å². The molecule has 1 aromatic rings. The van der Waals surface area contributed by atoms with Crippen LogP contribution in [0.5, 0.6) is 5.88 Å². The highest BCUT2D eigenvalue weighted by Gasteiger charge is 2.17. The van der Waals surface area contributed by atoms with E-state index >= 15 is 0 Å². The third kappa shape index (κ3) is 2.61. The number of ether oxygens (including phenoxy) is 1. The first kappa shape index (κ1) is 12.3. The molecule has 0 spiro atoms. The van der Waals surface area contributed by atoms with Crippen molar-refractivity contribution in [2.45, 2.75) is 6.92 Å². The lowest BCUT2D eigenvalue weighted by molar-refractivity contribution is 0.231. The Morgan fingerprint density at radius 2 is 2.38 bits per heavy atom. The lowest BCUT2D eigenvalue weighted by atomic mass is 10.3. The maximum absolute atomic E-state index is 11.4. The van der Waals surface area contributed by atoms with Crippen LogP contribution in [-0.4, -0.2) is 36.0 Å². The Morgan fingerprint density at radius 1 is 1.69 bits per heavy atom. The zero-order chi connectivity index (χ0) is 12.1. The molecule has 0 aliphatic rings. The maximum Gasteiger partial charge on any atom is 0.322 e. The van der Waals surface area contributed by atoms with Gasteiger partial charge in [-0.2, -0.15) is 9.64 Å². The van der Waals surface area contributed by atoms with Crippen LogP contribution >= 0.6 is 11.5 Å². The van der Waals surface area contributed by atoms with Gasteiger partial charge in [-0.3, -0.25) is 5.32 Å². The number of amides is 2. The molecule has 2 amide bonds. The van der Waals surface area contributed by atoms with Crippen molar-refractivity contribution in [3.63, 3.8) is 0 Å². The molecular weight excluding hydrogens is 228 g/mol. The van der Waals surface area contributed by atoms with Crippen molar-refractivity contribution in [1.82, 2.24) is 9.27 Å². The van der Waals surface area contributed by atoms with Crippen molar-refractivity contribution in [3.05, 3.63) is 5.56 Å². The number of hydrogen-bond donors (Lipinski definition) is 1. The third-order valence-corrected chi connectivity index (χ3v) is 2.43. The normalized spacial score (nSPS) is 9.38. The molecule has 0 saturated heterocycles. The first-order chi connectivity index (χ1) is 7.60. The second-order valence-electron chi connectivity index (χ2n) is 3.06. The summed E-state index contributed by atoms with van der Waals surface area (Å²) in [5.74, 6) is 0.268. The van der Waals surface area contributed by atoms with Crippen molar-refractivity contribution < 1.29 is 9.53 Å². The highest BCUT2D eigenvalue weighted by atomic mass is 32.1. The monoisotopic (exact) mass is 240 g/mol. The molecule has 16 heavy (non-hydrogen) atoms. The van der Waals surface area contributed by atoms with Gasteiger partial charge in [0.15, 0.2) is 5.56 Å². The minimum Gasteiger partial charge on any atom is -0.476 e. The molecule has 0 aliphatic heterocycles. The molecule has 0 fully saturated rings. The molecule has 1 heterocycles. The van der Waals surface area contributed by atoms with Crippen LogP contribution in [0.4, 0.5) is 9.80 Å². The van der Waals surface area contributed by atoms with Crippen LogP contribution in [0.1, 0.15) is 12.5 Å². The first-order valence-electron chi connectivity index (χ1n) is 4.61. The van der Waals surface area contributed by atoms with Crippen LogP contribution in [0.3, 0.4) is 0 Å². The van der Waals surface area contributed by atoms with E-state index in [-0.39, 0.29) is 17.5 Å². The van der Waals surface area contributed by atoms with E-state index in [0.717, 1.165) is 11.5 Å². The highest BCUT2D eigenvalue weighted by Crippen LogP contribution is 2.29. The molecule has 0 aromatic carbocycles. The van der Waals surface area contributed by atoms with E-state index in [1.807, 2.05) is 6.07 Å². The second-order valence-corrected chi connectivity index (χ2v) is 3.83. The zero-order valence-corrected chi connectivity index (χ0v) is 10.1. The lowest BCUT2D eigenvalue weighted by Gasteiger charge is -2.10. The second kappa shape index (κ2) is 5.32. The first-order valence-corrected chi connectivity index (χ1v) is 5.38. The van der Waals surface area contributed by atoms with Crippen molar-refractivity contribution >= 4 is 22.6 Å². The fourth-order valence-electron chi connectivity index (χ4n) is 0.904. The Kier molecular flexibility index (Phi) is 4.08. The lowest BCUT2D eigenvalue weighted by Crippen LogP contribution is -2.27. The molecular formula is C9H12N4O2S. The summed E-state index contributed by atoms with van der Waals surface area (Å²) < 4.78 is 9.12. The predicted molar refractivity (Wildman–Crippen MR) is 60.7 cm³/mol. The van der Waals surface area contributed by atoms with Gasteiger partial charge in [0, 0.05) is 14.1 Å². The summed E-state index contributed by atoms with van der Waals surface area (Å²) in [6.07, 6.45) is 0. The van der Waals surface area contributed by atoms with Gasteiger partial charge in [0.05, 0.1) is 6.61 Å². The number of nitrogens with zero attached hydrogens (tertiary/aromatic N) is 3. The smallest absolute Gasteiger partial charge is 0.322 e. The Bertz CT molecular complexity index is 422. The Labute approximate surface area is 97.6 Å². The largest absolute Gasteiger partial charge is 0.476 e. The van der Waals surface area contributed by atoms with Crippen LogP contribution in [0, 0.1) is 11.3 Å². The summed E-state index contributed by atoms with van der Waals surface area (Å²) in [7, 11) is 3.23. The number of carbonyl (C=O) groups excluding carboxylic acids is 1. The summed E-state index contributed by atoms with van der Waals surface area (Å²) in [5.41, 5.74) is 0.266. The van der Waals surface area contributed by atoms with Crippen molar-refractivity contribution in [3.8, 4) is 11.9 Å². The molecule has 0 unspecified atom stereocenters. The topological polar surface area (TPSA) is 78.2 Å². The average molecular weight is 240 g/mol. The molecule has 0 aliphatic carbocycles. The average Bonchev–Trinajstić information content (AvgIpc) is 2.61. The van der Waals surface area contributed by atoms with E-state index in [0.29, 0.717) is 11.6 Å². The van der Waals surface area contributed by atoms with Gasteiger partial charge in [0.2, 0.25) is 5.88 Å². The van der Waals surface area contributed by atoms with Gasteiger partial charge in [0.25, 0.3) is 0 Å². The van der Waals surface area contributed by atoms with Gasteiger partial charge in [0.1, 0.15) is 11.1 Å². The Balaban J connectivity index is 2.90. The molecule has 1 rings (SSSR count). The number of nitriles is 1. The van der Waals surface area contributed by atoms with Crippen molar-refractivity contribution in [2.24, 2.45) is 0 Å².